The second-order valence-electron chi connectivity index (χ2n) is 7.46. The maximum absolute atomic E-state index is 13.4. The van der Waals surface area contributed by atoms with Gasteiger partial charge >= 0.3 is 0 Å². The zero-order valence-electron chi connectivity index (χ0n) is 16.6. The van der Waals surface area contributed by atoms with E-state index in [0.717, 1.165) is 5.56 Å². The summed E-state index contributed by atoms with van der Waals surface area (Å²) in [7, 11) is -3.71. The molecule has 2 aromatic heterocycles. The Morgan fingerprint density at radius 3 is 2.52 bits per heavy atom. The highest BCUT2D eigenvalue weighted by molar-refractivity contribution is 7.92. The van der Waals surface area contributed by atoms with Crippen molar-refractivity contribution in [3.05, 3.63) is 66.4 Å². The van der Waals surface area contributed by atoms with Crippen LogP contribution in [0.3, 0.4) is 0 Å². The molecule has 0 fully saturated rings. The average Bonchev–Trinajstić information content (AvgIpc) is 3.08. The monoisotopic (exact) mass is 435 g/mol. The molecule has 31 heavy (non-hydrogen) atoms. The van der Waals surface area contributed by atoms with E-state index in [1.807, 2.05) is 24.3 Å². The van der Waals surface area contributed by atoms with Crippen LogP contribution in [0.15, 0.2) is 65.7 Å². The number of para-hydroxylation sites is 1. The summed E-state index contributed by atoms with van der Waals surface area (Å²) < 4.78 is 30.2. The Morgan fingerprint density at radius 1 is 0.968 bits per heavy atom. The van der Waals surface area contributed by atoms with Gasteiger partial charge in [-0.15, -0.1) is 0 Å². The van der Waals surface area contributed by atoms with Gasteiger partial charge in [0.15, 0.2) is 5.65 Å². The van der Waals surface area contributed by atoms with Crippen LogP contribution in [-0.2, 0) is 16.4 Å². The van der Waals surface area contributed by atoms with Crippen LogP contribution in [0.2, 0.25) is 0 Å². The summed E-state index contributed by atoms with van der Waals surface area (Å²) in [5, 5.41) is 5.12. The van der Waals surface area contributed by atoms with Crippen LogP contribution >= 0.6 is 0 Å². The molecule has 4 N–H and O–H groups in total. The zero-order chi connectivity index (χ0) is 21.6. The van der Waals surface area contributed by atoms with Gasteiger partial charge in [0.05, 0.1) is 28.2 Å². The minimum absolute atomic E-state index is 0.0778. The lowest BCUT2D eigenvalue weighted by Gasteiger charge is -2.24. The molecule has 4 aromatic rings. The fourth-order valence-corrected chi connectivity index (χ4v) is 5.62. The fourth-order valence-electron chi connectivity index (χ4n) is 4.08. The first kappa shape index (κ1) is 19.3. The average molecular weight is 436 g/mol. The first-order valence-electron chi connectivity index (χ1n) is 9.87. The minimum atomic E-state index is -3.71. The molecule has 0 amide bonds. The molecule has 10 heteroatoms. The molecule has 9 nitrogen and oxygen atoms in total. The third-order valence-electron chi connectivity index (χ3n) is 5.56. The Hall–Kier alpha value is -3.66. The lowest BCUT2D eigenvalue weighted by Crippen LogP contribution is -2.32. The van der Waals surface area contributed by atoms with E-state index in [1.165, 1.54) is 4.31 Å². The van der Waals surface area contributed by atoms with Crippen molar-refractivity contribution in [3.63, 3.8) is 0 Å². The molecule has 3 heterocycles. The minimum Gasteiger partial charge on any atom is -0.383 e. The molecule has 1 atom stereocenters. The zero-order valence-corrected chi connectivity index (χ0v) is 17.4. The van der Waals surface area contributed by atoms with Crippen LogP contribution in [0.1, 0.15) is 18.0 Å². The molecule has 0 bridgehead atoms. The highest BCUT2D eigenvalue weighted by Crippen LogP contribution is 2.35. The van der Waals surface area contributed by atoms with Crippen molar-refractivity contribution >= 4 is 38.5 Å². The van der Waals surface area contributed by atoms with Crippen molar-refractivity contribution in [2.24, 2.45) is 0 Å². The first-order chi connectivity index (χ1) is 14.9. The van der Waals surface area contributed by atoms with Gasteiger partial charge in [-0.2, -0.15) is 15.1 Å². The summed E-state index contributed by atoms with van der Waals surface area (Å²) in [6, 6.07) is 15.9. The lowest BCUT2D eigenvalue weighted by molar-refractivity contribution is 0.444. The number of hydrogen-bond acceptors (Lipinski definition) is 7. The molecule has 158 valence electrons. The number of sulfonamides is 1. The first-order valence-corrected chi connectivity index (χ1v) is 11.3. The van der Waals surface area contributed by atoms with Crippen LogP contribution < -0.4 is 15.8 Å². The fraction of sp³-hybridized carbons (Fsp3) is 0.190. The van der Waals surface area contributed by atoms with E-state index >= 15 is 0 Å². The Labute approximate surface area is 179 Å². The van der Waals surface area contributed by atoms with Crippen LogP contribution in [0.4, 0.5) is 17.5 Å². The highest BCUT2D eigenvalue weighted by Gasteiger charge is 2.31. The number of benzene rings is 2. The van der Waals surface area contributed by atoms with Gasteiger partial charge in [-0.3, -0.25) is 4.31 Å². The maximum atomic E-state index is 13.4. The van der Waals surface area contributed by atoms with Gasteiger partial charge in [0, 0.05) is 6.54 Å². The summed E-state index contributed by atoms with van der Waals surface area (Å²) in [5.41, 5.74) is 13.9. The maximum Gasteiger partial charge on any atom is 0.264 e. The van der Waals surface area contributed by atoms with Crippen molar-refractivity contribution in [1.29, 1.82) is 0 Å². The number of anilines is 3. The van der Waals surface area contributed by atoms with Crippen molar-refractivity contribution < 1.29 is 8.42 Å². The Balaban J connectivity index is 1.59. The van der Waals surface area contributed by atoms with E-state index in [2.05, 4.69) is 15.1 Å². The molecular formula is C21H21N7O2S. The Kier molecular flexibility index (Phi) is 4.51. The van der Waals surface area contributed by atoms with E-state index in [9.17, 15) is 8.42 Å². The molecule has 0 saturated heterocycles. The highest BCUT2D eigenvalue weighted by atomic mass is 32.2. The van der Waals surface area contributed by atoms with Crippen LogP contribution in [0, 0.1) is 0 Å². The third kappa shape index (κ3) is 3.25. The van der Waals surface area contributed by atoms with Gasteiger partial charge in [-0.05, 0) is 36.6 Å². The molecule has 5 rings (SSSR count). The molecule has 0 spiro atoms. The Bertz CT molecular complexity index is 1370. The van der Waals surface area contributed by atoms with E-state index in [1.54, 1.807) is 41.2 Å². The molecule has 1 unspecified atom stereocenters. The molecule has 1 aliphatic heterocycles. The molecule has 2 aromatic carbocycles. The number of nitrogen functional groups attached to an aromatic ring is 2. The predicted molar refractivity (Wildman–Crippen MR) is 119 cm³/mol. The van der Waals surface area contributed by atoms with Crippen molar-refractivity contribution in [3.8, 4) is 0 Å². The van der Waals surface area contributed by atoms with Gasteiger partial charge < -0.3 is 11.5 Å². The largest absolute Gasteiger partial charge is 0.383 e. The van der Waals surface area contributed by atoms with Crippen LogP contribution in [-0.4, -0.2) is 34.7 Å². The number of nitrogens with zero attached hydrogens (tertiary/aromatic N) is 5. The second-order valence-corrected chi connectivity index (χ2v) is 9.32. The van der Waals surface area contributed by atoms with Gasteiger partial charge in [0.25, 0.3) is 10.0 Å². The second kappa shape index (κ2) is 7.24. The number of nitrogens with two attached hydrogens (primary N) is 2. The van der Waals surface area contributed by atoms with Gasteiger partial charge in [0.1, 0.15) is 5.82 Å². The van der Waals surface area contributed by atoms with E-state index < -0.39 is 10.0 Å². The Morgan fingerprint density at radius 2 is 1.71 bits per heavy atom. The van der Waals surface area contributed by atoms with Crippen molar-refractivity contribution in [2.45, 2.75) is 23.8 Å². The number of hydrogen-bond donors (Lipinski definition) is 2. The standard InChI is InChI=1S/C21H21N7O2S/c22-19-17-13-24-28(20(17)26-21(23)25-19)15-10-11-27(18-9-5-4-6-14(18)12-15)31(29,30)16-7-2-1-3-8-16/h1-9,13,15H,10-12H2,(H4,22,23,25,26). The number of rotatable bonds is 3. The summed E-state index contributed by atoms with van der Waals surface area (Å²) in [6.45, 7) is 0.302. The topological polar surface area (TPSA) is 133 Å². The molecule has 1 aliphatic rings. The molecule has 0 radical (unpaired) electrons. The SMILES string of the molecule is Nc1nc(N)c2cnn(C3CCN(S(=O)(=O)c4ccccc4)c4ccccc4C3)c2n1. The van der Waals surface area contributed by atoms with Gasteiger partial charge in [0.2, 0.25) is 5.95 Å². The predicted octanol–water partition coefficient (Wildman–Crippen LogP) is 2.37. The number of aromatic nitrogens is 4. The molecular weight excluding hydrogens is 414 g/mol. The van der Waals surface area contributed by atoms with Gasteiger partial charge in [-0.1, -0.05) is 36.4 Å². The summed E-state index contributed by atoms with van der Waals surface area (Å²) in [4.78, 5) is 8.59. The van der Waals surface area contributed by atoms with Crippen molar-refractivity contribution in [2.75, 3.05) is 22.3 Å². The summed E-state index contributed by atoms with van der Waals surface area (Å²) >= 11 is 0. The summed E-state index contributed by atoms with van der Waals surface area (Å²) in [5.74, 6) is 0.352. The molecule has 0 saturated carbocycles. The normalized spacial score (nSPS) is 16.8. The van der Waals surface area contributed by atoms with E-state index in [0.29, 0.717) is 36.1 Å². The summed E-state index contributed by atoms with van der Waals surface area (Å²) in [6.07, 6.45) is 2.76. The quantitative estimate of drug-likeness (QED) is 0.505. The van der Waals surface area contributed by atoms with Crippen LogP contribution in [0.25, 0.3) is 11.0 Å². The van der Waals surface area contributed by atoms with Crippen molar-refractivity contribution in [1.82, 2.24) is 19.7 Å². The lowest BCUT2D eigenvalue weighted by atomic mass is 10.0. The smallest absolute Gasteiger partial charge is 0.264 e. The van der Waals surface area contributed by atoms with E-state index in [4.69, 9.17) is 11.5 Å². The number of fused-ring (bicyclic) bond motifs is 2. The molecule has 0 aliphatic carbocycles. The third-order valence-corrected chi connectivity index (χ3v) is 7.39. The van der Waals surface area contributed by atoms with E-state index in [-0.39, 0.29) is 22.7 Å². The van der Waals surface area contributed by atoms with Crippen LogP contribution in [0.5, 0.6) is 0 Å². The van der Waals surface area contributed by atoms with Gasteiger partial charge in [-0.25, -0.2) is 13.1 Å².